The lowest BCUT2D eigenvalue weighted by molar-refractivity contribution is 0.102. The summed E-state index contributed by atoms with van der Waals surface area (Å²) in [4.78, 5) is 12.3. The summed E-state index contributed by atoms with van der Waals surface area (Å²) in [6, 6.07) is 9.05. The van der Waals surface area contributed by atoms with Crippen molar-refractivity contribution in [2.24, 2.45) is 0 Å². The monoisotopic (exact) mass is 314 g/mol. The van der Waals surface area contributed by atoms with E-state index in [1.165, 1.54) is 7.11 Å². The van der Waals surface area contributed by atoms with Gasteiger partial charge in [0.2, 0.25) is 0 Å². The smallest absolute Gasteiger partial charge is 0.276 e. The summed E-state index contributed by atoms with van der Waals surface area (Å²) in [5, 5.41) is 14.0. The van der Waals surface area contributed by atoms with Gasteiger partial charge < -0.3 is 20.1 Å². The summed E-state index contributed by atoms with van der Waals surface area (Å²) >= 11 is 0. The minimum atomic E-state index is -0.348. The van der Waals surface area contributed by atoms with Crippen LogP contribution in [0.2, 0.25) is 0 Å². The van der Waals surface area contributed by atoms with E-state index in [9.17, 15) is 4.79 Å². The van der Waals surface area contributed by atoms with Crippen LogP contribution in [0.5, 0.6) is 11.5 Å². The molecular formula is C16H18N4O3. The van der Waals surface area contributed by atoms with Gasteiger partial charge in [0, 0.05) is 12.1 Å². The fraction of sp³-hybridized carbons (Fsp3) is 0.312. The van der Waals surface area contributed by atoms with Gasteiger partial charge in [0.1, 0.15) is 17.3 Å². The van der Waals surface area contributed by atoms with E-state index in [0.717, 1.165) is 12.8 Å². The third-order valence-corrected chi connectivity index (χ3v) is 3.48. The first-order valence-corrected chi connectivity index (χ1v) is 7.33. The van der Waals surface area contributed by atoms with Crippen LogP contribution < -0.4 is 20.1 Å². The van der Waals surface area contributed by atoms with E-state index >= 15 is 0 Å². The second-order valence-electron chi connectivity index (χ2n) is 5.24. The Hall–Kier alpha value is -2.83. The van der Waals surface area contributed by atoms with Crippen LogP contribution in [0.15, 0.2) is 30.3 Å². The molecule has 0 atom stereocenters. The average Bonchev–Trinajstić information content (AvgIpc) is 3.39. The largest absolute Gasteiger partial charge is 0.497 e. The first kappa shape index (κ1) is 15.1. The van der Waals surface area contributed by atoms with Gasteiger partial charge in [0.25, 0.3) is 5.91 Å². The summed E-state index contributed by atoms with van der Waals surface area (Å²) < 4.78 is 10.4. The van der Waals surface area contributed by atoms with Gasteiger partial charge in [-0.25, -0.2) is 0 Å². The highest BCUT2D eigenvalue weighted by Crippen LogP contribution is 2.29. The summed E-state index contributed by atoms with van der Waals surface area (Å²) in [7, 11) is 3.10. The Kier molecular flexibility index (Phi) is 4.27. The first-order valence-electron chi connectivity index (χ1n) is 7.33. The quantitative estimate of drug-likeness (QED) is 0.851. The maximum atomic E-state index is 12.3. The molecule has 1 heterocycles. The summed E-state index contributed by atoms with van der Waals surface area (Å²) in [6.07, 6.45) is 2.31. The highest BCUT2D eigenvalue weighted by Gasteiger charge is 2.21. The number of hydrogen-bond donors (Lipinski definition) is 2. The average molecular weight is 314 g/mol. The standard InChI is InChI=1S/C16H18N4O3/c1-22-11-5-6-12(14(9-11)23-2)18-16(21)13-7-8-15(20-19-13)17-10-3-4-10/h5-10H,3-4H2,1-2H3,(H,17,20)(H,18,21). The minimum absolute atomic E-state index is 0.240. The predicted octanol–water partition coefficient (Wildman–Crippen LogP) is 2.32. The van der Waals surface area contributed by atoms with Crippen LogP contribution in [0.3, 0.4) is 0 Å². The second-order valence-corrected chi connectivity index (χ2v) is 5.24. The van der Waals surface area contributed by atoms with Crippen LogP contribution in [-0.2, 0) is 0 Å². The number of nitrogens with zero attached hydrogens (tertiary/aromatic N) is 2. The van der Waals surface area contributed by atoms with Crippen LogP contribution in [-0.4, -0.2) is 36.4 Å². The zero-order valence-corrected chi connectivity index (χ0v) is 13.0. The first-order chi connectivity index (χ1) is 11.2. The van der Waals surface area contributed by atoms with Crippen molar-refractivity contribution in [1.29, 1.82) is 0 Å². The Morgan fingerprint density at radius 2 is 1.96 bits per heavy atom. The highest BCUT2D eigenvalue weighted by molar-refractivity contribution is 6.03. The van der Waals surface area contributed by atoms with Crippen LogP contribution >= 0.6 is 0 Å². The van der Waals surface area contributed by atoms with Crippen LogP contribution in [0.25, 0.3) is 0 Å². The highest BCUT2D eigenvalue weighted by atomic mass is 16.5. The van der Waals surface area contributed by atoms with Crippen molar-refractivity contribution in [3.8, 4) is 11.5 Å². The molecule has 2 aromatic rings. The fourth-order valence-electron chi connectivity index (χ4n) is 2.06. The number of benzene rings is 1. The minimum Gasteiger partial charge on any atom is -0.497 e. The molecule has 1 aromatic heterocycles. The normalized spacial score (nSPS) is 13.3. The molecule has 7 heteroatoms. The SMILES string of the molecule is COc1ccc(NC(=O)c2ccc(NC3CC3)nn2)c(OC)c1. The molecule has 120 valence electrons. The number of carbonyl (C=O) groups excluding carboxylic acids is 1. The molecule has 0 aliphatic heterocycles. The lowest BCUT2D eigenvalue weighted by Crippen LogP contribution is -2.15. The maximum Gasteiger partial charge on any atom is 0.276 e. The van der Waals surface area contributed by atoms with E-state index in [2.05, 4.69) is 20.8 Å². The zero-order chi connectivity index (χ0) is 16.2. The van der Waals surface area contributed by atoms with Crippen LogP contribution in [0, 0.1) is 0 Å². The number of carbonyl (C=O) groups is 1. The third-order valence-electron chi connectivity index (χ3n) is 3.48. The number of nitrogens with one attached hydrogen (secondary N) is 2. The summed E-state index contributed by atoms with van der Waals surface area (Å²) in [5.74, 6) is 1.50. The molecule has 2 N–H and O–H groups in total. The molecule has 1 aliphatic carbocycles. The van der Waals surface area contributed by atoms with Crippen molar-refractivity contribution >= 4 is 17.4 Å². The zero-order valence-electron chi connectivity index (χ0n) is 13.0. The van der Waals surface area contributed by atoms with E-state index in [-0.39, 0.29) is 11.6 Å². The molecule has 0 spiro atoms. The molecule has 1 fully saturated rings. The Bertz CT molecular complexity index is 699. The molecule has 0 radical (unpaired) electrons. The lowest BCUT2D eigenvalue weighted by Gasteiger charge is -2.11. The number of amides is 1. The molecule has 0 saturated heterocycles. The number of anilines is 2. The van der Waals surface area contributed by atoms with Gasteiger partial charge in [-0.2, -0.15) is 0 Å². The molecule has 1 aliphatic rings. The molecule has 1 amide bonds. The molecule has 3 rings (SSSR count). The molecule has 1 saturated carbocycles. The van der Waals surface area contributed by atoms with Crippen molar-refractivity contribution in [3.05, 3.63) is 36.0 Å². The lowest BCUT2D eigenvalue weighted by atomic mass is 10.2. The van der Waals surface area contributed by atoms with Crippen molar-refractivity contribution < 1.29 is 14.3 Å². The van der Waals surface area contributed by atoms with Gasteiger partial charge in [-0.3, -0.25) is 4.79 Å². The van der Waals surface area contributed by atoms with Crippen LogP contribution in [0.1, 0.15) is 23.3 Å². The number of ether oxygens (including phenoxy) is 2. The van der Waals surface area contributed by atoms with Gasteiger partial charge in [-0.15, -0.1) is 10.2 Å². The van der Waals surface area contributed by atoms with Gasteiger partial charge in [0.05, 0.1) is 19.9 Å². The number of aromatic nitrogens is 2. The summed E-state index contributed by atoms with van der Waals surface area (Å²) in [6.45, 7) is 0. The Labute approximate surface area is 134 Å². The van der Waals surface area contributed by atoms with E-state index in [1.54, 1.807) is 37.4 Å². The van der Waals surface area contributed by atoms with Crippen molar-refractivity contribution in [2.45, 2.75) is 18.9 Å². The van der Waals surface area contributed by atoms with Gasteiger partial charge in [-0.05, 0) is 37.1 Å². The van der Waals surface area contributed by atoms with Crippen molar-refractivity contribution in [2.75, 3.05) is 24.9 Å². The van der Waals surface area contributed by atoms with Crippen molar-refractivity contribution in [1.82, 2.24) is 10.2 Å². The Morgan fingerprint density at radius 1 is 1.13 bits per heavy atom. The van der Waals surface area contributed by atoms with E-state index < -0.39 is 0 Å². The van der Waals surface area contributed by atoms with Gasteiger partial charge >= 0.3 is 0 Å². The van der Waals surface area contributed by atoms with E-state index in [1.807, 2.05) is 0 Å². The van der Waals surface area contributed by atoms with Crippen molar-refractivity contribution in [3.63, 3.8) is 0 Å². The van der Waals surface area contributed by atoms with E-state index in [4.69, 9.17) is 9.47 Å². The Balaban J connectivity index is 1.70. The molecule has 0 unspecified atom stereocenters. The predicted molar refractivity (Wildman–Crippen MR) is 86.2 cm³/mol. The number of rotatable bonds is 6. The second kappa shape index (κ2) is 6.51. The molecule has 7 nitrogen and oxygen atoms in total. The maximum absolute atomic E-state index is 12.3. The Morgan fingerprint density at radius 3 is 2.57 bits per heavy atom. The molecular weight excluding hydrogens is 296 g/mol. The van der Waals surface area contributed by atoms with Crippen LogP contribution in [0.4, 0.5) is 11.5 Å². The van der Waals surface area contributed by atoms with Gasteiger partial charge in [0.15, 0.2) is 5.69 Å². The number of hydrogen-bond acceptors (Lipinski definition) is 6. The van der Waals surface area contributed by atoms with E-state index in [0.29, 0.717) is 29.0 Å². The topological polar surface area (TPSA) is 85.4 Å². The third kappa shape index (κ3) is 3.68. The summed E-state index contributed by atoms with van der Waals surface area (Å²) in [5.41, 5.74) is 0.782. The van der Waals surface area contributed by atoms with Gasteiger partial charge in [-0.1, -0.05) is 0 Å². The molecule has 0 bridgehead atoms. The number of methoxy groups -OCH3 is 2. The molecule has 23 heavy (non-hydrogen) atoms. The molecule has 1 aromatic carbocycles. The fourth-order valence-corrected chi connectivity index (χ4v) is 2.06.